The molecule has 0 saturated carbocycles. The highest BCUT2D eigenvalue weighted by Gasteiger charge is 2.28. The first-order valence-electron chi connectivity index (χ1n) is 10.0. The quantitative estimate of drug-likeness (QED) is 0.209. The van der Waals surface area contributed by atoms with Crippen LogP contribution in [-0.2, 0) is 5.41 Å². The highest BCUT2D eigenvalue weighted by atomic mass is 32.1. The molecule has 0 N–H and O–H groups in total. The summed E-state index contributed by atoms with van der Waals surface area (Å²) in [6, 6.07) is 29.3. The van der Waals surface area contributed by atoms with Gasteiger partial charge in [-0.25, -0.2) is 0 Å². The van der Waals surface area contributed by atoms with Gasteiger partial charge in [-0.05, 0) is 81.9 Å². The molecule has 0 aliphatic carbocycles. The normalized spacial score (nSPS) is 11.5. The van der Waals surface area contributed by atoms with Crippen LogP contribution < -0.4 is 0 Å². The van der Waals surface area contributed by atoms with Gasteiger partial charge in [0, 0.05) is 25.0 Å². The van der Waals surface area contributed by atoms with Gasteiger partial charge in [-0.2, -0.15) is 0 Å². The molecule has 0 spiro atoms. The Balaban J connectivity index is 1.81. The maximum absolute atomic E-state index is 4.81. The van der Waals surface area contributed by atoms with Gasteiger partial charge in [0.25, 0.3) is 0 Å². The average molecular weight is 477 g/mol. The Bertz CT molecular complexity index is 1130. The summed E-state index contributed by atoms with van der Waals surface area (Å²) in [4.78, 5) is 3.85. The molecule has 4 aromatic rings. The molecular formula is C27H24S4. The zero-order valence-electron chi connectivity index (χ0n) is 17.4. The fourth-order valence-corrected chi connectivity index (χ4v) is 5.02. The van der Waals surface area contributed by atoms with E-state index in [9.17, 15) is 0 Å². The Morgan fingerprint density at radius 2 is 0.774 bits per heavy atom. The number of benzene rings is 4. The first kappa shape index (κ1) is 22.5. The Labute approximate surface area is 206 Å². The van der Waals surface area contributed by atoms with Crippen LogP contribution in [0.2, 0.25) is 0 Å². The molecule has 0 saturated heterocycles. The number of rotatable bonds is 4. The van der Waals surface area contributed by atoms with E-state index in [-0.39, 0.29) is 5.41 Å². The molecular weight excluding hydrogens is 453 g/mol. The Hall–Kier alpha value is -1.72. The SMILES string of the molecule is CC(C)(c1cc(-c2ccc(S)cc2)ccc1S)c1cc(-c2ccc(S)cc2)ccc1S. The molecule has 0 aliphatic rings. The fourth-order valence-electron chi connectivity index (χ4n) is 3.89. The molecule has 31 heavy (non-hydrogen) atoms. The molecule has 4 heteroatoms. The van der Waals surface area contributed by atoms with Gasteiger partial charge in [0.1, 0.15) is 0 Å². The summed E-state index contributed by atoms with van der Waals surface area (Å²) in [5, 5.41) is 0. The maximum atomic E-state index is 4.81. The van der Waals surface area contributed by atoms with Gasteiger partial charge in [0.2, 0.25) is 0 Å². The van der Waals surface area contributed by atoms with Gasteiger partial charge in [0.05, 0.1) is 0 Å². The van der Waals surface area contributed by atoms with E-state index in [4.69, 9.17) is 25.3 Å². The smallest absolute Gasteiger partial charge is 0.0168 e. The minimum absolute atomic E-state index is 0.285. The molecule has 0 fully saturated rings. The number of hydrogen-bond acceptors (Lipinski definition) is 4. The maximum Gasteiger partial charge on any atom is 0.0168 e. The first-order chi connectivity index (χ1) is 14.8. The van der Waals surface area contributed by atoms with Crippen molar-refractivity contribution in [1.29, 1.82) is 0 Å². The average Bonchev–Trinajstić information content (AvgIpc) is 2.75. The zero-order chi connectivity index (χ0) is 22.2. The van der Waals surface area contributed by atoms with Crippen LogP contribution in [0.1, 0.15) is 25.0 Å². The van der Waals surface area contributed by atoms with Gasteiger partial charge in [-0.1, -0.05) is 50.2 Å². The van der Waals surface area contributed by atoms with Crippen LogP contribution in [0.4, 0.5) is 0 Å². The molecule has 4 rings (SSSR count). The monoisotopic (exact) mass is 476 g/mol. The van der Waals surface area contributed by atoms with Crippen molar-refractivity contribution in [1.82, 2.24) is 0 Å². The Kier molecular flexibility index (Phi) is 6.55. The molecule has 0 atom stereocenters. The van der Waals surface area contributed by atoms with Crippen molar-refractivity contribution in [3.05, 3.63) is 96.1 Å². The Morgan fingerprint density at radius 3 is 1.13 bits per heavy atom. The molecule has 0 radical (unpaired) electrons. The van der Waals surface area contributed by atoms with Gasteiger partial charge in [-0.15, -0.1) is 50.5 Å². The van der Waals surface area contributed by atoms with Crippen molar-refractivity contribution in [2.24, 2.45) is 0 Å². The molecule has 0 bridgehead atoms. The van der Waals surface area contributed by atoms with Crippen LogP contribution in [-0.4, -0.2) is 0 Å². The van der Waals surface area contributed by atoms with Gasteiger partial charge >= 0.3 is 0 Å². The third-order valence-corrected chi connectivity index (χ3v) is 7.12. The second kappa shape index (κ2) is 9.03. The van der Waals surface area contributed by atoms with Crippen LogP contribution in [0.5, 0.6) is 0 Å². The lowest BCUT2D eigenvalue weighted by molar-refractivity contribution is 0.615. The third kappa shape index (κ3) is 4.73. The van der Waals surface area contributed by atoms with E-state index >= 15 is 0 Å². The number of hydrogen-bond donors (Lipinski definition) is 4. The molecule has 0 unspecified atom stereocenters. The van der Waals surface area contributed by atoms with Crippen LogP contribution in [0.25, 0.3) is 22.3 Å². The standard InChI is InChI=1S/C27H24S4/c1-27(2,23-15-19(7-13-25(23)30)17-3-9-21(28)10-4-17)24-16-20(8-14-26(24)31)18-5-11-22(29)12-6-18/h3-16,28-31H,1-2H3. The lowest BCUT2D eigenvalue weighted by Gasteiger charge is -2.30. The minimum atomic E-state index is -0.285. The zero-order valence-corrected chi connectivity index (χ0v) is 20.9. The fraction of sp³-hybridized carbons (Fsp3) is 0.111. The van der Waals surface area contributed by atoms with Crippen LogP contribution in [0.3, 0.4) is 0 Å². The lowest BCUT2D eigenvalue weighted by atomic mass is 9.76. The predicted molar refractivity (Wildman–Crippen MR) is 145 cm³/mol. The van der Waals surface area contributed by atoms with E-state index in [1.807, 2.05) is 24.3 Å². The van der Waals surface area contributed by atoms with Crippen molar-refractivity contribution >= 4 is 50.5 Å². The molecule has 0 amide bonds. The highest BCUT2D eigenvalue weighted by Crippen LogP contribution is 2.41. The van der Waals surface area contributed by atoms with Crippen LogP contribution >= 0.6 is 50.5 Å². The summed E-state index contributed by atoms with van der Waals surface area (Å²) in [5.41, 5.74) is 6.70. The van der Waals surface area contributed by atoms with Crippen molar-refractivity contribution < 1.29 is 0 Å². The molecule has 0 aliphatic heterocycles. The molecule has 0 heterocycles. The van der Waals surface area contributed by atoms with Crippen molar-refractivity contribution in [2.45, 2.75) is 38.8 Å². The van der Waals surface area contributed by atoms with E-state index in [1.54, 1.807) is 0 Å². The second-order valence-electron chi connectivity index (χ2n) is 8.18. The van der Waals surface area contributed by atoms with Crippen molar-refractivity contribution in [3.8, 4) is 22.3 Å². The first-order valence-corrected chi connectivity index (χ1v) is 11.8. The van der Waals surface area contributed by atoms with E-state index in [1.165, 1.54) is 11.1 Å². The molecule has 156 valence electrons. The highest BCUT2D eigenvalue weighted by molar-refractivity contribution is 7.80. The summed E-state index contributed by atoms with van der Waals surface area (Å²) in [7, 11) is 0. The van der Waals surface area contributed by atoms with Crippen LogP contribution in [0.15, 0.2) is 105 Å². The second-order valence-corrected chi connectivity index (χ2v) is 10.2. The third-order valence-electron chi connectivity index (χ3n) is 5.74. The van der Waals surface area contributed by atoms with Crippen LogP contribution in [0, 0.1) is 0 Å². The largest absolute Gasteiger partial charge is 0.143 e. The van der Waals surface area contributed by atoms with Crippen molar-refractivity contribution in [3.63, 3.8) is 0 Å². The topological polar surface area (TPSA) is 0 Å². The van der Waals surface area contributed by atoms with Crippen molar-refractivity contribution in [2.75, 3.05) is 0 Å². The van der Waals surface area contributed by atoms with E-state index in [0.29, 0.717) is 0 Å². The molecule has 0 nitrogen and oxygen atoms in total. The summed E-state index contributed by atoms with van der Waals surface area (Å²) < 4.78 is 0. The summed E-state index contributed by atoms with van der Waals surface area (Å²) in [6.07, 6.45) is 0. The minimum Gasteiger partial charge on any atom is -0.143 e. The lowest BCUT2D eigenvalue weighted by Crippen LogP contribution is -2.20. The summed E-state index contributed by atoms with van der Waals surface area (Å²) in [6.45, 7) is 4.47. The van der Waals surface area contributed by atoms with Gasteiger partial charge in [0.15, 0.2) is 0 Å². The molecule has 0 aromatic heterocycles. The Morgan fingerprint density at radius 1 is 0.452 bits per heavy atom. The van der Waals surface area contributed by atoms with E-state index in [2.05, 4.69) is 99.8 Å². The summed E-state index contributed by atoms with van der Waals surface area (Å²) >= 11 is 18.4. The summed E-state index contributed by atoms with van der Waals surface area (Å²) in [5.74, 6) is 0. The number of thiol groups is 4. The predicted octanol–water partition coefficient (Wildman–Crippen LogP) is 8.50. The van der Waals surface area contributed by atoms with E-state index in [0.717, 1.165) is 41.8 Å². The van der Waals surface area contributed by atoms with Gasteiger partial charge in [-0.3, -0.25) is 0 Å². The molecule has 4 aromatic carbocycles. The van der Waals surface area contributed by atoms with E-state index < -0.39 is 0 Å². The van der Waals surface area contributed by atoms with Gasteiger partial charge < -0.3 is 0 Å².